The normalized spacial score (nSPS) is 15.2. The number of hydrogen-bond donors (Lipinski definition) is 2. The van der Waals surface area contributed by atoms with Gasteiger partial charge in [-0.15, -0.1) is 0 Å². The van der Waals surface area contributed by atoms with Crippen molar-refractivity contribution < 1.29 is 9.90 Å². The lowest BCUT2D eigenvalue weighted by Crippen LogP contribution is -2.02. The van der Waals surface area contributed by atoms with Gasteiger partial charge in [-0.05, 0) is 53.3 Å². The zero-order valence-corrected chi connectivity index (χ0v) is 16.1. The minimum Gasteiger partial charge on any atom is -0.478 e. The van der Waals surface area contributed by atoms with Gasteiger partial charge in [-0.3, -0.25) is 0 Å². The third kappa shape index (κ3) is 4.64. The lowest BCUT2D eigenvalue weighted by molar-refractivity contribution is 0.0697. The predicted octanol–water partition coefficient (Wildman–Crippen LogP) is 6.12. The lowest BCUT2D eigenvalue weighted by atomic mass is 9.91. The fourth-order valence-corrected chi connectivity index (χ4v) is 3.75. The predicted molar refractivity (Wildman–Crippen MR) is 118 cm³/mol. The number of allylic oxidation sites excluding steroid dienone is 2. The van der Waals surface area contributed by atoms with Crippen LogP contribution in [0.2, 0.25) is 0 Å². The van der Waals surface area contributed by atoms with Gasteiger partial charge < -0.3 is 10.4 Å². The van der Waals surface area contributed by atoms with Crippen LogP contribution in [0.4, 0.5) is 5.69 Å². The van der Waals surface area contributed by atoms with E-state index in [0.717, 1.165) is 18.5 Å². The Morgan fingerprint density at radius 2 is 1.76 bits per heavy atom. The number of rotatable bonds is 7. The molecule has 144 valence electrons. The number of carbonyl (C=O) groups is 1. The van der Waals surface area contributed by atoms with Gasteiger partial charge in [0.25, 0.3) is 0 Å². The van der Waals surface area contributed by atoms with Crippen molar-refractivity contribution in [1.29, 1.82) is 0 Å². The Bertz CT molecular complexity index is 1070. The Morgan fingerprint density at radius 1 is 0.966 bits per heavy atom. The van der Waals surface area contributed by atoms with Gasteiger partial charge in [0.15, 0.2) is 0 Å². The topological polar surface area (TPSA) is 49.3 Å². The van der Waals surface area contributed by atoms with Crippen LogP contribution in [0.25, 0.3) is 6.08 Å². The van der Waals surface area contributed by atoms with Gasteiger partial charge in [-0.2, -0.15) is 0 Å². The second kappa shape index (κ2) is 8.61. The van der Waals surface area contributed by atoms with Gasteiger partial charge in [0.2, 0.25) is 0 Å². The molecule has 0 radical (unpaired) electrons. The third-order valence-corrected chi connectivity index (χ3v) is 5.21. The molecule has 29 heavy (non-hydrogen) atoms. The average Bonchev–Trinajstić information content (AvgIpc) is 3.16. The quantitative estimate of drug-likeness (QED) is 0.518. The van der Waals surface area contributed by atoms with E-state index in [9.17, 15) is 9.90 Å². The number of anilines is 1. The molecule has 3 nitrogen and oxygen atoms in total. The van der Waals surface area contributed by atoms with E-state index in [4.69, 9.17) is 0 Å². The van der Waals surface area contributed by atoms with Crippen molar-refractivity contribution >= 4 is 17.7 Å². The summed E-state index contributed by atoms with van der Waals surface area (Å²) in [5.74, 6) is -0.567. The molecule has 3 aromatic rings. The van der Waals surface area contributed by atoms with Gasteiger partial charge in [0, 0.05) is 17.8 Å². The minimum absolute atomic E-state index is 0.278. The first-order valence-electron chi connectivity index (χ1n) is 9.78. The van der Waals surface area contributed by atoms with E-state index in [2.05, 4.69) is 66.0 Å². The summed E-state index contributed by atoms with van der Waals surface area (Å²) in [6, 6.07) is 25.8. The number of carboxylic acid groups (broad SMARTS) is 1. The van der Waals surface area contributed by atoms with Crippen LogP contribution in [0, 0.1) is 0 Å². The first-order chi connectivity index (χ1) is 14.2. The van der Waals surface area contributed by atoms with Gasteiger partial charge >= 0.3 is 5.97 Å². The summed E-state index contributed by atoms with van der Waals surface area (Å²) in [4.78, 5) is 11.2. The monoisotopic (exact) mass is 381 g/mol. The number of aromatic carboxylic acids is 1. The highest BCUT2D eigenvalue weighted by atomic mass is 16.4. The molecule has 1 aliphatic rings. The van der Waals surface area contributed by atoms with Crippen LogP contribution >= 0.6 is 0 Å². The molecule has 1 atom stereocenters. The zero-order chi connectivity index (χ0) is 20.1. The van der Waals surface area contributed by atoms with Crippen molar-refractivity contribution in [2.24, 2.45) is 0 Å². The molecule has 2 N–H and O–H groups in total. The molecule has 1 aliphatic carbocycles. The van der Waals surface area contributed by atoms with Crippen LogP contribution in [0.15, 0.2) is 96.7 Å². The molecule has 0 fully saturated rings. The summed E-state index contributed by atoms with van der Waals surface area (Å²) in [6.45, 7) is 0. The fraction of sp³-hybridized carbons (Fsp3) is 0.115. The minimum atomic E-state index is -0.921. The van der Waals surface area contributed by atoms with Crippen LogP contribution in [-0.2, 0) is 6.42 Å². The first-order valence-corrected chi connectivity index (χ1v) is 9.78. The van der Waals surface area contributed by atoms with Gasteiger partial charge in [-0.25, -0.2) is 4.79 Å². The third-order valence-electron chi connectivity index (χ3n) is 5.21. The molecule has 0 amide bonds. The van der Waals surface area contributed by atoms with Crippen LogP contribution in [0.3, 0.4) is 0 Å². The highest BCUT2D eigenvalue weighted by molar-refractivity contribution is 5.88. The molecule has 0 saturated carbocycles. The Hall–Kier alpha value is -3.59. The first kappa shape index (κ1) is 18.8. The number of carboxylic acids is 1. The molecule has 0 bridgehead atoms. The Morgan fingerprint density at radius 3 is 2.59 bits per heavy atom. The van der Waals surface area contributed by atoms with E-state index in [-0.39, 0.29) is 5.56 Å². The smallest absolute Gasteiger partial charge is 0.335 e. The Kier molecular flexibility index (Phi) is 5.57. The highest BCUT2D eigenvalue weighted by Gasteiger charge is 2.18. The maximum Gasteiger partial charge on any atom is 0.335 e. The molecule has 3 aromatic carbocycles. The maximum absolute atomic E-state index is 11.2. The zero-order valence-electron chi connectivity index (χ0n) is 16.1. The molecular weight excluding hydrogens is 358 g/mol. The van der Waals surface area contributed by atoms with Crippen molar-refractivity contribution in [1.82, 2.24) is 0 Å². The molecule has 0 aliphatic heterocycles. The van der Waals surface area contributed by atoms with Crippen molar-refractivity contribution in [3.63, 3.8) is 0 Å². The van der Waals surface area contributed by atoms with E-state index >= 15 is 0 Å². The van der Waals surface area contributed by atoms with Crippen LogP contribution in [0.1, 0.15) is 39.4 Å². The largest absolute Gasteiger partial charge is 0.478 e. The number of hydrogen-bond acceptors (Lipinski definition) is 2. The van der Waals surface area contributed by atoms with Crippen molar-refractivity contribution in [2.45, 2.75) is 18.8 Å². The van der Waals surface area contributed by atoms with Crippen molar-refractivity contribution in [2.75, 3.05) is 5.32 Å². The van der Waals surface area contributed by atoms with Gasteiger partial charge in [-0.1, -0.05) is 72.8 Å². The van der Waals surface area contributed by atoms with E-state index < -0.39 is 5.97 Å². The Labute approximate surface area is 171 Å². The number of benzene rings is 3. The summed E-state index contributed by atoms with van der Waals surface area (Å²) < 4.78 is 0. The van der Waals surface area contributed by atoms with E-state index in [1.165, 1.54) is 22.3 Å². The lowest BCUT2D eigenvalue weighted by Gasteiger charge is -2.15. The van der Waals surface area contributed by atoms with Crippen molar-refractivity contribution in [3.8, 4) is 0 Å². The molecule has 0 heterocycles. The van der Waals surface area contributed by atoms with Crippen LogP contribution in [-0.4, -0.2) is 11.1 Å². The molecule has 3 heteroatoms. The second-order valence-electron chi connectivity index (χ2n) is 7.29. The average molecular weight is 381 g/mol. The summed E-state index contributed by atoms with van der Waals surface area (Å²) in [7, 11) is 0. The molecule has 0 aromatic heterocycles. The summed E-state index contributed by atoms with van der Waals surface area (Å²) >= 11 is 0. The summed E-state index contributed by atoms with van der Waals surface area (Å²) in [6.07, 6.45) is 8.26. The second-order valence-corrected chi connectivity index (χ2v) is 7.29. The van der Waals surface area contributed by atoms with Crippen LogP contribution in [0.5, 0.6) is 0 Å². The molecule has 0 spiro atoms. The highest BCUT2D eigenvalue weighted by Crippen LogP contribution is 2.35. The van der Waals surface area contributed by atoms with E-state index in [1.807, 2.05) is 18.3 Å². The maximum atomic E-state index is 11.2. The summed E-state index contributed by atoms with van der Waals surface area (Å²) in [5, 5.41) is 12.5. The standard InChI is InChI=1S/C26H23NO2/c28-26(29)23-10-6-11-24(17-23)27-18-20(15-19-7-2-1-3-8-19)16-22-14-13-21-9-4-5-12-25(21)22/h1-14,17-18,22,27H,15-16H2,(H,28,29). The molecule has 4 rings (SSSR count). The Balaban J connectivity index is 1.57. The van der Waals surface area contributed by atoms with E-state index in [1.54, 1.807) is 18.2 Å². The van der Waals surface area contributed by atoms with Crippen LogP contribution < -0.4 is 5.32 Å². The van der Waals surface area contributed by atoms with E-state index in [0.29, 0.717) is 5.92 Å². The molecule has 0 saturated heterocycles. The number of nitrogens with one attached hydrogen (secondary N) is 1. The molecule has 1 unspecified atom stereocenters. The van der Waals surface area contributed by atoms with Gasteiger partial charge in [0.1, 0.15) is 0 Å². The number of fused-ring (bicyclic) bond motifs is 1. The van der Waals surface area contributed by atoms with Crippen molar-refractivity contribution in [3.05, 3.63) is 119 Å². The SMILES string of the molecule is O=C(O)c1cccc(NC=C(Cc2ccccc2)CC2C=Cc3ccccc32)c1. The summed E-state index contributed by atoms with van der Waals surface area (Å²) in [5.41, 5.74) is 6.23. The molecular formula is C26H23NO2. The fourth-order valence-electron chi connectivity index (χ4n) is 3.75. The van der Waals surface area contributed by atoms with Gasteiger partial charge in [0.05, 0.1) is 5.56 Å².